The number of rotatable bonds is 5. The van der Waals surface area contributed by atoms with Crippen molar-refractivity contribution in [3.63, 3.8) is 0 Å². The Morgan fingerprint density at radius 2 is 1.93 bits per heavy atom. The minimum absolute atomic E-state index is 0.0584. The predicted octanol–water partition coefficient (Wildman–Crippen LogP) is 4.34. The van der Waals surface area contributed by atoms with Crippen LogP contribution in [0.2, 0.25) is 5.02 Å². The lowest BCUT2D eigenvalue weighted by Crippen LogP contribution is -2.31. The summed E-state index contributed by atoms with van der Waals surface area (Å²) in [6, 6.07) is 10.6. The van der Waals surface area contributed by atoms with Gasteiger partial charge in [-0.05, 0) is 56.7 Å². The van der Waals surface area contributed by atoms with Crippen LogP contribution in [0.15, 0.2) is 36.4 Å². The van der Waals surface area contributed by atoms with Crippen molar-refractivity contribution in [2.75, 3.05) is 12.4 Å². The molecular formula is C22H26ClN5O2. The van der Waals surface area contributed by atoms with Crippen molar-refractivity contribution < 1.29 is 9.59 Å². The number of anilines is 1. The molecule has 1 aromatic heterocycles. The molecule has 0 aliphatic heterocycles. The molecule has 8 heteroatoms. The van der Waals surface area contributed by atoms with E-state index in [1.54, 1.807) is 30.1 Å². The second kappa shape index (κ2) is 8.75. The fraction of sp³-hybridized carbons (Fsp3) is 0.318. The van der Waals surface area contributed by atoms with Crippen LogP contribution in [0, 0.1) is 6.92 Å². The number of imidazole rings is 1. The molecule has 0 fully saturated rings. The molecular weight excluding hydrogens is 402 g/mol. The Morgan fingerprint density at radius 1 is 1.20 bits per heavy atom. The molecule has 3 aromatic rings. The van der Waals surface area contributed by atoms with Crippen molar-refractivity contribution in [3.05, 3.63) is 58.4 Å². The van der Waals surface area contributed by atoms with Crippen molar-refractivity contribution in [2.45, 2.75) is 33.4 Å². The van der Waals surface area contributed by atoms with Crippen LogP contribution in [0.5, 0.6) is 0 Å². The number of hydrogen-bond donors (Lipinski definition) is 2. The van der Waals surface area contributed by atoms with Gasteiger partial charge in [0.15, 0.2) is 0 Å². The van der Waals surface area contributed by atoms with E-state index in [0.29, 0.717) is 34.2 Å². The molecule has 0 bridgehead atoms. The van der Waals surface area contributed by atoms with E-state index < -0.39 is 0 Å². The van der Waals surface area contributed by atoms with E-state index >= 15 is 0 Å². The average molecular weight is 428 g/mol. The van der Waals surface area contributed by atoms with Crippen molar-refractivity contribution >= 4 is 40.3 Å². The highest BCUT2D eigenvalue weighted by atomic mass is 35.5. The molecule has 0 unspecified atom stereocenters. The normalized spacial score (nSPS) is 11.0. The van der Waals surface area contributed by atoms with Crippen LogP contribution in [-0.2, 0) is 13.6 Å². The minimum atomic E-state index is -0.265. The van der Waals surface area contributed by atoms with E-state index in [0.717, 1.165) is 11.1 Å². The van der Waals surface area contributed by atoms with Crippen LogP contribution >= 0.6 is 11.6 Å². The molecule has 0 aliphatic carbocycles. The molecule has 3 rings (SSSR count). The Hall–Kier alpha value is -3.06. The van der Waals surface area contributed by atoms with Gasteiger partial charge in [-0.25, -0.2) is 9.78 Å². The first-order chi connectivity index (χ1) is 14.2. The number of halogens is 1. The quantitative estimate of drug-likeness (QED) is 0.635. The first-order valence-electron chi connectivity index (χ1n) is 9.70. The van der Waals surface area contributed by atoms with Gasteiger partial charge in [-0.3, -0.25) is 4.79 Å². The molecule has 1 heterocycles. The highest BCUT2D eigenvalue weighted by Crippen LogP contribution is 2.21. The lowest BCUT2D eigenvalue weighted by molar-refractivity contribution is 0.0943. The molecule has 158 valence electrons. The summed E-state index contributed by atoms with van der Waals surface area (Å²) in [5.41, 5.74) is 3.74. The Labute approximate surface area is 181 Å². The van der Waals surface area contributed by atoms with Crippen LogP contribution in [0.1, 0.15) is 35.6 Å². The van der Waals surface area contributed by atoms with Gasteiger partial charge in [0.05, 0.1) is 17.6 Å². The van der Waals surface area contributed by atoms with Gasteiger partial charge in [0.2, 0.25) is 0 Å². The number of aromatic nitrogens is 2. The summed E-state index contributed by atoms with van der Waals surface area (Å²) >= 11 is 6.13. The third kappa shape index (κ3) is 4.74. The number of urea groups is 1. The number of nitrogens with zero attached hydrogens (tertiary/aromatic N) is 3. The maximum absolute atomic E-state index is 12.6. The van der Waals surface area contributed by atoms with E-state index in [1.807, 2.05) is 50.6 Å². The summed E-state index contributed by atoms with van der Waals surface area (Å²) in [6.07, 6.45) is 0. The van der Waals surface area contributed by atoms with Crippen molar-refractivity contribution in [1.82, 2.24) is 19.8 Å². The topological polar surface area (TPSA) is 79.3 Å². The van der Waals surface area contributed by atoms with Crippen LogP contribution in [-0.4, -0.2) is 39.5 Å². The zero-order valence-corrected chi connectivity index (χ0v) is 18.5. The molecule has 3 amide bonds. The van der Waals surface area contributed by atoms with Gasteiger partial charge in [0.1, 0.15) is 5.82 Å². The standard InChI is InChI=1S/C22H26ClN5O2/c1-13(2)24-21(29)15-7-9-19-18(10-15)26-20(28(19)5)12-27(4)22(30)25-16-8-6-14(3)17(23)11-16/h6-11,13H,12H2,1-5H3,(H,24,29)(H,25,30). The highest BCUT2D eigenvalue weighted by Gasteiger charge is 2.16. The number of fused-ring (bicyclic) bond motifs is 1. The van der Waals surface area contributed by atoms with Crippen LogP contribution in [0.4, 0.5) is 10.5 Å². The Morgan fingerprint density at radius 3 is 2.60 bits per heavy atom. The van der Waals surface area contributed by atoms with E-state index in [1.165, 1.54) is 0 Å². The third-order valence-electron chi connectivity index (χ3n) is 4.80. The Balaban J connectivity index is 1.75. The van der Waals surface area contributed by atoms with Gasteiger partial charge in [-0.15, -0.1) is 0 Å². The minimum Gasteiger partial charge on any atom is -0.350 e. The van der Waals surface area contributed by atoms with E-state index in [4.69, 9.17) is 11.6 Å². The number of hydrogen-bond acceptors (Lipinski definition) is 3. The van der Waals surface area contributed by atoms with Crippen molar-refractivity contribution in [3.8, 4) is 0 Å². The maximum Gasteiger partial charge on any atom is 0.321 e. The zero-order valence-electron chi connectivity index (χ0n) is 17.8. The third-order valence-corrected chi connectivity index (χ3v) is 5.21. The number of amides is 3. The lowest BCUT2D eigenvalue weighted by Gasteiger charge is -2.18. The maximum atomic E-state index is 12.6. The highest BCUT2D eigenvalue weighted by molar-refractivity contribution is 6.31. The smallest absolute Gasteiger partial charge is 0.321 e. The molecule has 0 spiro atoms. The number of aryl methyl sites for hydroxylation is 2. The molecule has 0 saturated carbocycles. The summed E-state index contributed by atoms with van der Waals surface area (Å²) < 4.78 is 1.92. The molecule has 30 heavy (non-hydrogen) atoms. The Kier molecular flexibility index (Phi) is 6.31. The van der Waals surface area contributed by atoms with Gasteiger partial charge >= 0.3 is 6.03 Å². The number of carbonyl (C=O) groups is 2. The molecule has 2 aromatic carbocycles. The van der Waals surface area contributed by atoms with Gasteiger partial charge < -0.3 is 20.1 Å². The van der Waals surface area contributed by atoms with Gasteiger partial charge in [0.25, 0.3) is 5.91 Å². The largest absolute Gasteiger partial charge is 0.350 e. The van der Waals surface area contributed by atoms with E-state index in [9.17, 15) is 9.59 Å². The van der Waals surface area contributed by atoms with Crippen LogP contribution in [0.25, 0.3) is 11.0 Å². The summed E-state index contributed by atoms with van der Waals surface area (Å²) in [7, 11) is 3.59. The van der Waals surface area contributed by atoms with Gasteiger partial charge in [0, 0.05) is 36.4 Å². The fourth-order valence-corrected chi connectivity index (χ4v) is 3.23. The van der Waals surface area contributed by atoms with Crippen molar-refractivity contribution in [2.24, 2.45) is 7.05 Å². The number of benzene rings is 2. The van der Waals surface area contributed by atoms with E-state index in [2.05, 4.69) is 15.6 Å². The summed E-state index contributed by atoms with van der Waals surface area (Å²) in [5.74, 6) is 0.582. The molecule has 0 atom stereocenters. The summed E-state index contributed by atoms with van der Waals surface area (Å²) in [5, 5.41) is 6.32. The zero-order chi connectivity index (χ0) is 22.0. The fourth-order valence-electron chi connectivity index (χ4n) is 3.05. The van der Waals surface area contributed by atoms with Crippen molar-refractivity contribution in [1.29, 1.82) is 0 Å². The van der Waals surface area contributed by atoms with Gasteiger partial charge in [-0.2, -0.15) is 0 Å². The lowest BCUT2D eigenvalue weighted by atomic mass is 10.2. The van der Waals surface area contributed by atoms with Gasteiger partial charge in [-0.1, -0.05) is 17.7 Å². The molecule has 2 N–H and O–H groups in total. The van der Waals surface area contributed by atoms with Crippen LogP contribution in [0.3, 0.4) is 0 Å². The molecule has 7 nitrogen and oxygen atoms in total. The molecule has 0 radical (unpaired) electrons. The number of carbonyl (C=O) groups excluding carboxylic acids is 2. The summed E-state index contributed by atoms with van der Waals surface area (Å²) in [4.78, 5) is 31.0. The summed E-state index contributed by atoms with van der Waals surface area (Å²) in [6.45, 7) is 6.05. The first-order valence-corrected chi connectivity index (χ1v) is 10.1. The second-order valence-corrected chi connectivity index (χ2v) is 8.08. The van der Waals surface area contributed by atoms with Crippen LogP contribution < -0.4 is 10.6 Å². The number of nitrogens with one attached hydrogen (secondary N) is 2. The monoisotopic (exact) mass is 427 g/mol. The Bertz CT molecular complexity index is 1110. The second-order valence-electron chi connectivity index (χ2n) is 7.67. The molecule has 0 saturated heterocycles. The average Bonchev–Trinajstić information content (AvgIpc) is 2.99. The van der Waals surface area contributed by atoms with E-state index in [-0.39, 0.29) is 18.0 Å². The predicted molar refractivity (Wildman–Crippen MR) is 120 cm³/mol. The SMILES string of the molecule is Cc1ccc(NC(=O)N(C)Cc2nc3cc(C(=O)NC(C)C)ccc3n2C)cc1Cl. The first kappa shape index (κ1) is 21.6. The molecule has 0 aliphatic rings.